The zero-order valence-electron chi connectivity index (χ0n) is 10.5. The molecule has 0 radical (unpaired) electrons. The van der Waals surface area contributed by atoms with Crippen molar-refractivity contribution in [1.82, 2.24) is 0 Å². The number of benzene rings is 2. The molecule has 0 aromatic heterocycles. The minimum Gasteiger partial charge on any atom is -0.373 e. The lowest BCUT2D eigenvalue weighted by Gasteiger charge is -2.13. The van der Waals surface area contributed by atoms with Crippen LogP contribution in [0.3, 0.4) is 0 Å². The van der Waals surface area contributed by atoms with Gasteiger partial charge in [-0.15, -0.1) is 0 Å². The predicted octanol–water partition coefficient (Wildman–Crippen LogP) is 3.92. The lowest BCUT2D eigenvalue weighted by Crippen LogP contribution is -2.32. The van der Waals surface area contributed by atoms with Crippen molar-refractivity contribution in [2.24, 2.45) is 0 Å². The van der Waals surface area contributed by atoms with Gasteiger partial charge < -0.3 is 10.6 Å². The van der Waals surface area contributed by atoms with E-state index in [0.717, 1.165) is 9.26 Å². The van der Waals surface area contributed by atoms with Crippen molar-refractivity contribution in [3.63, 3.8) is 0 Å². The Balaban J connectivity index is 1.72. The topological polar surface area (TPSA) is 41.1 Å². The van der Waals surface area contributed by atoms with E-state index in [1.165, 1.54) is 5.56 Å². The van der Waals surface area contributed by atoms with Gasteiger partial charge in [-0.1, -0.05) is 29.8 Å². The number of carbonyl (C=O) groups excluding carboxylic acids is 1. The summed E-state index contributed by atoms with van der Waals surface area (Å²) in [5, 5.41) is 6.66. The van der Waals surface area contributed by atoms with Gasteiger partial charge in [-0.25, -0.2) is 0 Å². The van der Waals surface area contributed by atoms with Crippen LogP contribution >= 0.6 is 34.2 Å². The molecule has 1 aliphatic heterocycles. The third-order valence-electron chi connectivity index (χ3n) is 3.28. The third-order valence-corrected chi connectivity index (χ3v) is 4.26. The Bertz CT molecular complexity index is 650. The van der Waals surface area contributed by atoms with Crippen LogP contribution in [-0.4, -0.2) is 11.9 Å². The number of fused-ring (bicyclic) bond motifs is 1. The highest BCUT2D eigenvalue weighted by Gasteiger charge is 2.26. The van der Waals surface area contributed by atoms with Gasteiger partial charge in [0.25, 0.3) is 0 Å². The van der Waals surface area contributed by atoms with E-state index in [0.29, 0.717) is 17.1 Å². The summed E-state index contributed by atoms with van der Waals surface area (Å²) in [5.74, 6) is -0.0655. The molecule has 0 fully saturated rings. The quantitative estimate of drug-likeness (QED) is 0.753. The maximum absolute atomic E-state index is 12.3. The number of hydrogen-bond donors (Lipinski definition) is 2. The second-order valence-corrected chi connectivity index (χ2v) is 6.32. The number of anilines is 2. The Morgan fingerprint density at radius 2 is 2.10 bits per heavy atom. The van der Waals surface area contributed by atoms with Crippen molar-refractivity contribution in [2.45, 2.75) is 12.5 Å². The molecule has 0 saturated heterocycles. The summed E-state index contributed by atoms with van der Waals surface area (Å²) in [6.07, 6.45) is 0.698. The van der Waals surface area contributed by atoms with Crippen LogP contribution in [0.2, 0.25) is 5.02 Å². The molecule has 2 N–H and O–H groups in total. The highest BCUT2D eigenvalue weighted by atomic mass is 127. The fourth-order valence-electron chi connectivity index (χ4n) is 2.27. The Kier molecular flexibility index (Phi) is 3.85. The van der Waals surface area contributed by atoms with E-state index in [9.17, 15) is 4.79 Å². The zero-order valence-corrected chi connectivity index (χ0v) is 13.4. The van der Waals surface area contributed by atoms with E-state index in [-0.39, 0.29) is 11.9 Å². The third kappa shape index (κ3) is 2.76. The maximum Gasteiger partial charge on any atom is 0.247 e. The minimum atomic E-state index is -0.247. The Morgan fingerprint density at radius 3 is 2.85 bits per heavy atom. The van der Waals surface area contributed by atoms with Gasteiger partial charge >= 0.3 is 0 Å². The number of amides is 1. The molecule has 1 aliphatic rings. The second-order valence-electron chi connectivity index (χ2n) is 4.67. The highest BCUT2D eigenvalue weighted by Crippen LogP contribution is 2.27. The van der Waals surface area contributed by atoms with E-state index in [1.54, 1.807) is 0 Å². The Hall–Kier alpha value is -1.27. The standard InChI is InChI=1S/C15H12ClIN2O/c16-11-8-10(17)5-6-13(11)19-15(20)14-7-9-3-1-2-4-12(9)18-14/h1-6,8,14,18H,7H2,(H,19,20). The molecule has 102 valence electrons. The van der Waals surface area contributed by atoms with Crippen LogP contribution in [0, 0.1) is 3.57 Å². The maximum atomic E-state index is 12.3. The lowest BCUT2D eigenvalue weighted by atomic mass is 10.1. The van der Waals surface area contributed by atoms with Crippen molar-refractivity contribution < 1.29 is 4.79 Å². The molecule has 0 aliphatic carbocycles. The average molecular weight is 399 g/mol. The summed E-state index contributed by atoms with van der Waals surface area (Å²) in [5.41, 5.74) is 2.84. The van der Waals surface area contributed by atoms with Crippen molar-refractivity contribution in [3.05, 3.63) is 56.6 Å². The first-order chi connectivity index (χ1) is 9.63. The molecule has 2 aromatic carbocycles. The molecular formula is C15H12ClIN2O. The van der Waals surface area contributed by atoms with Gasteiger partial charge in [-0.05, 0) is 52.4 Å². The molecule has 1 heterocycles. The fourth-order valence-corrected chi connectivity index (χ4v) is 3.17. The van der Waals surface area contributed by atoms with Gasteiger partial charge in [0.2, 0.25) is 5.91 Å². The molecule has 3 nitrogen and oxygen atoms in total. The number of para-hydroxylation sites is 1. The van der Waals surface area contributed by atoms with E-state index < -0.39 is 0 Å². The van der Waals surface area contributed by atoms with Gasteiger partial charge in [0.1, 0.15) is 6.04 Å². The number of carbonyl (C=O) groups is 1. The van der Waals surface area contributed by atoms with Crippen LogP contribution in [0.1, 0.15) is 5.56 Å². The normalized spacial score (nSPS) is 16.4. The highest BCUT2D eigenvalue weighted by molar-refractivity contribution is 14.1. The van der Waals surface area contributed by atoms with Crippen LogP contribution in [0.15, 0.2) is 42.5 Å². The summed E-state index contributed by atoms with van der Waals surface area (Å²) in [6.45, 7) is 0. The smallest absolute Gasteiger partial charge is 0.247 e. The second kappa shape index (κ2) is 5.61. The summed E-state index contributed by atoms with van der Waals surface area (Å²) in [7, 11) is 0. The van der Waals surface area contributed by atoms with Gasteiger partial charge in [0.05, 0.1) is 10.7 Å². The molecule has 1 amide bonds. The molecule has 3 rings (SSSR count). The Labute approximate surface area is 135 Å². The first-order valence-corrected chi connectivity index (χ1v) is 7.69. The minimum absolute atomic E-state index is 0.0655. The van der Waals surface area contributed by atoms with E-state index >= 15 is 0 Å². The van der Waals surface area contributed by atoms with Gasteiger partial charge in [0, 0.05) is 15.7 Å². The lowest BCUT2D eigenvalue weighted by molar-refractivity contribution is -0.116. The van der Waals surface area contributed by atoms with Crippen molar-refractivity contribution in [3.8, 4) is 0 Å². The molecular weight excluding hydrogens is 387 g/mol. The largest absolute Gasteiger partial charge is 0.373 e. The summed E-state index contributed by atoms with van der Waals surface area (Å²) in [4.78, 5) is 12.3. The number of halogens is 2. The molecule has 0 saturated carbocycles. The molecule has 0 spiro atoms. The fraction of sp³-hybridized carbons (Fsp3) is 0.133. The van der Waals surface area contributed by atoms with Crippen LogP contribution in [0.5, 0.6) is 0 Å². The molecule has 0 bridgehead atoms. The first-order valence-electron chi connectivity index (χ1n) is 6.24. The average Bonchev–Trinajstić information content (AvgIpc) is 2.86. The molecule has 20 heavy (non-hydrogen) atoms. The predicted molar refractivity (Wildman–Crippen MR) is 90.4 cm³/mol. The Morgan fingerprint density at radius 1 is 1.30 bits per heavy atom. The van der Waals surface area contributed by atoms with Crippen molar-refractivity contribution in [2.75, 3.05) is 10.6 Å². The summed E-state index contributed by atoms with van der Waals surface area (Å²) >= 11 is 8.31. The number of rotatable bonds is 2. The van der Waals surface area contributed by atoms with Crippen LogP contribution in [0.25, 0.3) is 0 Å². The van der Waals surface area contributed by atoms with Crippen molar-refractivity contribution >= 4 is 51.5 Å². The van der Waals surface area contributed by atoms with Crippen LogP contribution in [0.4, 0.5) is 11.4 Å². The molecule has 5 heteroatoms. The zero-order chi connectivity index (χ0) is 14.1. The molecule has 1 atom stereocenters. The van der Waals surface area contributed by atoms with Crippen molar-refractivity contribution in [1.29, 1.82) is 0 Å². The SMILES string of the molecule is O=C(Nc1ccc(I)cc1Cl)C1Cc2ccccc2N1. The summed E-state index contributed by atoms with van der Waals surface area (Å²) in [6, 6.07) is 13.3. The van der Waals surface area contributed by atoms with Gasteiger partial charge in [-0.2, -0.15) is 0 Å². The van der Waals surface area contributed by atoms with E-state index in [4.69, 9.17) is 11.6 Å². The monoisotopic (exact) mass is 398 g/mol. The number of nitrogens with one attached hydrogen (secondary N) is 2. The van der Waals surface area contributed by atoms with Crippen LogP contribution < -0.4 is 10.6 Å². The number of hydrogen-bond acceptors (Lipinski definition) is 2. The molecule has 2 aromatic rings. The van der Waals surface area contributed by atoms with E-state index in [2.05, 4.69) is 33.2 Å². The molecule has 1 unspecified atom stereocenters. The van der Waals surface area contributed by atoms with Crippen LogP contribution in [-0.2, 0) is 11.2 Å². The van der Waals surface area contributed by atoms with Gasteiger partial charge in [0.15, 0.2) is 0 Å². The summed E-state index contributed by atoms with van der Waals surface area (Å²) < 4.78 is 1.04. The van der Waals surface area contributed by atoms with Gasteiger partial charge in [-0.3, -0.25) is 4.79 Å². The first kappa shape index (κ1) is 13.7. The van der Waals surface area contributed by atoms with E-state index in [1.807, 2.05) is 42.5 Å².